The molecule has 0 aliphatic carbocycles. The molecule has 1 rings (SSSR count). The van der Waals surface area contributed by atoms with Crippen molar-refractivity contribution in [3.8, 4) is 0 Å². The highest BCUT2D eigenvalue weighted by molar-refractivity contribution is 5.82. The molecule has 0 unspecified atom stereocenters. The molecule has 0 amide bonds. The number of hydrogen-bond acceptors (Lipinski definition) is 2. The molecule has 14 heavy (non-hydrogen) atoms. The summed E-state index contributed by atoms with van der Waals surface area (Å²) in [6.45, 7) is 6.91. The van der Waals surface area contributed by atoms with E-state index in [-0.39, 0.29) is 5.92 Å². The van der Waals surface area contributed by atoms with Gasteiger partial charge in [-0.3, -0.25) is 9.69 Å². The van der Waals surface area contributed by atoms with Gasteiger partial charge < -0.3 is 0 Å². The minimum absolute atomic E-state index is 0.195. The summed E-state index contributed by atoms with van der Waals surface area (Å²) in [7, 11) is 0. The van der Waals surface area contributed by atoms with Crippen LogP contribution in [0.5, 0.6) is 0 Å². The molecule has 1 fully saturated rings. The first-order chi connectivity index (χ1) is 6.70. The van der Waals surface area contributed by atoms with E-state index in [1.165, 1.54) is 32.1 Å². The quantitative estimate of drug-likeness (QED) is 0.692. The van der Waals surface area contributed by atoms with E-state index in [2.05, 4.69) is 4.90 Å². The Morgan fingerprint density at radius 3 is 2.07 bits per heavy atom. The predicted octanol–water partition coefficient (Wildman–Crippen LogP) is 2.48. The first-order valence-electron chi connectivity index (χ1n) is 5.95. The third-order valence-corrected chi connectivity index (χ3v) is 2.97. The van der Waals surface area contributed by atoms with Gasteiger partial charge >= 0.3 is 0 Å². The topological polar surface area (TPSA) is 20.3 Å². The fourth-order valence-electron chi connectivity index (χ4n) is 1.87. The highest BCUT2D eigenvalue weighted by Gasteiger charge is 2.14. The van der Waals surface area contributed by atoms with E-state index in [4.69, 9.17) is 0 Å². The van der Waals surface area contributed by atoms with E-state index in [0.29, 0.717) is 12.3 Å². The Bertz CT molecular complexity index is 169. The molecule has 0 spiro atoms. The molecule has 0 aromatic heterocycles. The maximum absolute atomic E-state index is 11.6. The molecule has 0 radical (unpaired) electrons. The van der Waals surface area contributed by atoms with E-state index in [0.717, 1.165) is 13.1 Å². The second-order valence-electron chi connectivity index (χ2n) is 4.66. The van der Waals surface area contributed by atoms with E-state index >= 15 is 0 Å². The highest BCUT2D eigenvalue weighted by atomic mass is 16.1. The van der Waals surface area contributed by atoms with Crippen molar-refractivity contribution in [3.05, 3.63) is 0 Å². The molecule has 0 saturated carbocycles. The first kappa shape index (κ1) is 11.7. The van der Waals surface area contributed by atoms with Crippen LogP contribution >= 0.6 is 0 Å². The third kappa shape index (κ3) is 4.23. The molecule has 0 N–H and O–H groups in total. The average molecular weight is 197 g/mol. The van der Waals surface area contributed by atoms with Gasteiger partial charge in [0.05, 0.1) is 6.54 Å². The van der Waals surface area contributed by atoms with Crippen LogP contribution in [0.3, 0.4) is 0 Å². The second kappa shape index (κ2) is 6.18. The lowest BCUT2D eigenvalue weighted by Crippen LogP contribution is -2.34. The van der Waals surface area contributed by atoms with Gasteiger partial charge in [0.15, 0.2) is 0 Å². The maximum Gasteiger partial charge on any atom is 0.149 e. The Morgan fingerprint density at radius 2 is 1.57 bits per heavy atom. The van der Waals surface area contributed by atoms with Crippen molar-refractivity contribution in [1.82, 2.24) is 4.90 Å². The molecule has 1 aliphatic rings. The predicted molar refractivity (Wildman–Crippen MR) is 59.4 cm³/mol. The van der Waals surface area contributed by atoms with E-state index in [1.807, 2.05) is 13.8 Å². The van der Waals surface area contributed by atoms with Crippen LogP contribution in [0.4, 0.5) is 0 Å². The number of ketones is 1. The normalized spacial score (nSPS) is 20.5. The molecule has 1 heterocycles. The van der Waals surface area contributed by atoms with Crippen molar-refractivity contribution in [3.63, 3.8) is 0 Å². The minimum Gasteiger partial charge on any atom is -0.298 e. The molecule has 1 aliphatic heterocycles. The van der Waals surface area contributed by atoms with Crippen molar-refractivity contribution in [2.24, 2.45) is 5.92 Å². The number of Topliss-reactive ketones (excluding diaryl/α,β-unsaturated/α-hetero) is 1. The van der Waals surface area contributed by atoms with Crippen molar-refractivity contribution in [2.75, 3.05) is 19.6 Å². The molecular formula is C12H23NO. The Balaban J connectivity index is 2.30. The average Bonchev–Trinajstić information content (AvgIpc) is 2.08. The highest BCUT2D eigenvalue weighted by Crippen LogP contribution is 2.10. The van der Waals surface area contributed by atoms with Crippen LogP contribution in [0.25, 0.3) is 0 Å². The molecule has 82 valence electrons. The molecule has 0 aromatic rings. The summed E-state index contributed by atoms with van der Waals surface area (Å²) < 4.78 is 0. The summed E-state index contributed by atoms with van der Waals surface area (Å²) in [6, 6.07) is 0. The van der Waals surface area contributed by atoms with Crippen molar-refractivity contribution >= 4 is 5.78 Å². The fraction of sp³-hybridized carbons (Fsp3) is 0.917. The lowest BCUT2D eigenvalue weighted by molar-refractivity contribution is -0.123. The van der Waals surface area contributed by atoms with E-state index in [9.17, 15) is 4.79 Å². The summed E-state index contributed by atoms with van der Waals surface area (Å²) in [5.74, 6) is 0.589. The van der Waals surface area contributed by atoms with Crippen LogP contribution in [-0.4, -0.2) is 30.3 Å². The largest absolute Gasteiger partial charge is 0.298 e. The number of carbonyl (C=O) groups excluding carboxylic acids is 1. The summed E-state index contributed by atoms with van der Waals surface area (Å²) in [5.41, 5.74) is 0. The molecule has 2 nitrogen and oxygen atoms in total. The van der Waals surface area contributed by atoms with Gasteiger partial charge in [0.2, 0.25) is 0 Å². The fourth-order valence-corrected chi connectivity index (χ4v) is 1.87. The second-order valence-corrected chi connectivity index (χ2v) is 4.66. The van der Waals surface area contributed by atoms with Crippen LogP contribution in [0.1, 0.15) is 46.0 Å². The third-order valence-electron chi connectivity index (χ3n) is 2.97. The number of hydrogen-bond donors (Lipinski definition) is 0. The number of nitrogens with zero attached hydrogens (tertiary/aromatic N) is 1. The lowest BCUT2D eigenvalue weighted by Gasteiger charge is -2.24. The molecule has 1 saturated heterocycles. The van der Waals surface area contributed by atoms with Gasteiger partial charge in [-0.1, -0.05) is 33.1 Å². The van der Waals surface area contributed by atoms with Gasteiger partial charge in [-0.25, -0.2) is 0 Å². The standard InChI is InChI=1S/C12H23NO/c1-11(2)12(14)10-13-8-6-4-3-5-7-9-13/h11H,3-10H2,1-2H3. The van der Waals surface area contributed by atoms with Crippen molar-refractivity contribution < 1.29 is 4.79 Å². The molecular weight excluding hydrogens is 174 g/mol. The lowest BCUT2D eigenvalue weighted by atomic mass is 10.1. The van der Waals surface area contributed by atoms with Crippen LogP contribution in [-0.2, 0) is 4.79 Å². The Kier molecular flexibility index (Phi) is 5.16. The smallest absolute Gasteiger partial charge is 0.149 e. The maximum atomic E-state index is 11.6. The Hall–Kier alpha value is -0.370. The molecule has 0 bridgehead atoms. The molecule has 2 heteroatoms. The van der Waals surface area contributed by atoms with Gasteiger partial charge in [0.25, 0.3) is 0 Å². The first-order valence-corrected chi connectivity index (χ1v) is 5.95. The monoisotopic (exact) mass is 197 g/mol. The number of likely N-dealkylation sites (tertiary alicyclic amines) is 1. The summed E-state index contributed by atoms with van der Waals surface area (Å²) in [4.78, 5) is 13.9. The SMILES string of the molecule is CC(C)C(=O)CN1CCCCCCC1. The van der Waals surface area contributed by atoms with Crippen molar-refractivity contribution in [1.29, 1.82) is 0 Å². The zero-order valence-corrected chi connectivity index (χ0v) is 9.59. The molecule has 0 aromatic carbocycles. The van der Waals surface area contributed by atoms with Gasteiger partial charge in [-0.05, 0) is 25.9 Å². The zero-order chi connectivity index (χ0) is 10.4. The van der Waals surface area contributed by atoms with Gasteiger partial charge in [0, 0.05) is 5.92 Å². The zero-order valence-electron chi connectivity index (χ0n) is 9.59. The van der Waals surface area contributed by atoms with Crippen LogP contribution in [0.15, 0.2) is 0 Å². The summed E-state index contributed by atoms with van der Waals surface area (Å²) >= 11 is 0. The van der Waals surface area contributed by atoms with Gasteiger partial charge in [0.1, 0.15) is 5.78 Å². The van der Waals surface area contributed by atoms with E-state index < -0.39 is 0 Å². The Labute approximate surface area is 87.7 Å². The van der Waals surface area contributed by atoms with Crippen LogP contribution in [0.2, 0.25) is 0 Å². The van der Waals surface area contributed by atoms with Crippen LogP contribution < -0.4 is 0 Å². The number of carbonyl (C=O) groups is 1. The van der Waals surface area contributed by atoms with Gasteiger partial charge in [-0.15, -0.1) is 0 Å². The minimum atomic E-state index is 0.195. The number of rotatable bonds is 3. The molecule has 0 atom stereocenters. The Morgan fingerprint density at radius 1 is 1.07 bits per heavy atom. The van der Waals surface area contributed by atoms with Gasteiger partial charge in [-0.2, -0.15) is 0 Å². The summed E-state index contributed by atoms with van der Waals surface area (Å²) in [6.07, 6.45) is 6.60. The van der Waals surface area contributed by atoms with E-state index in [1.54, 1.807) is 0 Å². The van der Waals surface area contributed by atoms with Crippen molar-refractivity contribution in [2.45, 2.75) is 46.0 Å². The van der Waals surface area contributed by atoms with Crippen LogP contribution in [0, 0.1) is 5.92 Å². The summed E-state index contributed by atoms with van der Waals surface area (Å²) in [5, 5.41) is 0.